The molecule has 0 bridgehead atoms. The third-order valence-corrected chi connectivity index (χ3v) is 3.97. The molecule has 130 valence electrons. The zero-order valence-corrected chi connectivity index (χ0v) is 15.0. The second-order valence-corrected chi connectivity index (χ2v) is 7.37. The van der Waals surface area contributed by atoms with Gasteiger partial charge >= 0.3 is 6.09 Å². The van der Waals surface area contributed by atoms with Crippen molar-refractivity contribution in [3.63, 3.8) is 0 Å². The van der Waals surface area contributed by atoms with Crippen molar-refractivity contribution in [3.05, 3.63) is 64.5 Å². The van der Waals surface area contributed by atoms with Crippen LogP contribution < -0.4 is 0 Å². The molecule has 1 aliphatic heterocycles. The smallest absolute Gasteiger partial charge is 0.410 e. The summed E-state index contributed by atoms with van der Waals surface area (Å²) in [7, 11) is 0. The minimum atomic E-state index is -0.531. The number of pyridine rings is 1. The topological polar surface area (TPSA) is 59.5 Å². The number of hydrogen-bond acceptors (Lipinski definition) is 4. The lowest BCUT2D eigenvalue weighted by Crippen LogP contribution is -2.33. The van der Waals surface area contributed by atoms with Gasteiger partial charge in [0.1, 0.15) is 11.3 Å². The molecule has 25 heavy (non-hydrogen) atoms. The second-order valence-electron chi connectivity index (χ2n) is 7.37. The van der Waals surface area contributed by atoms with Crippen molar-refractivity contribution in [2.24, 2.45) is 0 Å². The molecule has 3 rings (SSSR count). The molecular weight excluding hydrogens is 316 g/mol. The lowest BCUT2D eigenvalue weighted by molar-refractivity contribution is 0.0241. The van der Waals surface area contributed by atoms with Crippen LogP contribution in [0, 0.1) is 6.92 Å². The van der Waals surface area contributed by atoms with Gasteiger partial charge < -0.3 is 4.74 Å². The molecule has 0 fully saturated rings. The van der Waals surface area contributed by atoms with Crippen molar-refractivity contribution in [2.75, 3.05) is 0 Å². The van der Waals surface area contributed by atoms with E-state index in [1.807, 2.05) is 45.9 Å². The van der Waals surface area contributed by atoms with E-state index in [1.165, 1.54) is 0 Å². The lowest BCUT2D eigenvalue weighted by Gasteiger charge is -2.24. The number of ketones is 1. The van der Waals surface area contributed by atoms with Gasteiger partial charge in [-0.1, -0.05) is 23.8 Å². The minimum absolute atomic E-state index is 0.109. The highest BCUT2D eigenvalue weighted by Crippen LogP contribution is 2.25. The number of nitrogens with zero attached hydrogens (tertiary/aromatic N) is 2. The largest absolute Gasteiger partial charge is 0.444 e. The van der Waals surface area contributed by atoms with Gasteiger partial charge in [-0.05, 0) is 51.0 Å². The molecule has 0 unspecified atom stereocenters. The first-order chi connectivity index (χ1) is 11.7. The van der Waals surface area contributed by atoms with Gasteiger partial charge in [0.05, 0.1) is 6.54 Å². The van der Waals surface area contributed by atoms with Gasteiger partial charge in [0.2, 0.25) is 5.78 Å². The third-order valence-electron chi connectivity index (χ3n) is 3.97. The Kier molecular flexibility index (Phi) is 4.33. The summed E-state index contributed by atoms with van der Waals surface area (Å²) in [4.78, 5) is 30.8. The van der Waals surface area contributed by atoms with E-state index in [-0.39, 0.29) is 11.9 Å². The van der Waals surface area contributed by atoms with E-state index in [2.05, 4.69) is 4.98 Å². The van der Waals surface area contributed by atoms with Gasteiger partial charge in [-0.25, -0.2) is 4.79 Å². The van der Waals surface area contributed by atoms with Gasteiger partial charge in [0.25, 0.3) is 0 Å². The Bertz CT molecular complexity index is 837. The maximum atomic E-state index is 12.6. The highest BCUT2D eigenvalue weighted by Gasteiger charge is 2.28. The first-order valence-electron chi connectivity index (χ1n) is 8.30. The van der Waals surface area contributed by atoms with Crippen LogP contribution in [0.4, 0.5) is 4.79 Å². The van der Waals surface area contributed by atoms with Gasteiger partial charge in [-0.2, -0.15) is 0 Å². The molecule has 0 saturated heterocycles. The molecule has 0 N–H and O–H groups in total. The molecule has 0 radical (unpaired) electrons. The van der Waals surface area contributed by atoms with Crippen LogP contribution >= 0.6 is 0 Å². The molecule has 0 saturated carbocycles. The SMILES string of the molecule is Cc1cccc(C(=O)c2cc3c(cn2)CN(C(=O)OC(C)(C)C)C3)c1. The molecule has 0 spiro atoms. The molecule has 1 aromatic heterocycles. The van der Waals surface area contributed by atoms with Crippen LogP contribution in [0.15, 0.2) is 36.5 Å². The zero-order chi connectivity index (χ0) is 18.2. The van der Waals surface area contributed by atoms with E-state index in [1.54, 1.807) is 23.2 Å². The fourth-order valence-electron chi connectivity index (χ4n) is 2.80. The van der Waals surface area contributed by atoms with E-state index >= 15 is 0 Å². The monoisotopic (exact) mass is 338 g/mol. The van der Waals surface area contributed by atoms with Crippen LogP contribution in [-0.4, -0.2) is 27.4 Å². The summed E-state index contributed by atoms with van der Waals surface area (Å²) in [6, 6.07) is 9.23. The van der Waals surface area contributed by atoms with Crippen molar-refractivity contribution in [1.29, 1.82) is 0 Å². The van der Waals surface area contributed by atoms with Crippen molar-refractivity contribution in [1.82, 2.24) is 9.88 Å². The van der Waals surface area contributed by atoms with Gasteiger partial charge in [-0.15, -0.1) is 0 Å². The Morgan fingerprint density at radius 2 is 1.84 bits per heavy atom. The molecule has 5 nitrogen and oxygen atoms in total. The highest BCUT2D eigenvalue weighted by molar-refractivity contribution is 6.07. The number of aryl methyl sites for hydroxylation is 1. The molecule has 5 heteroatoms. The van der Waals surface area contributed by atoms with Crippen LogP contribution in [0.2, 0.25) is 0 Å². The lowest BCUT2D eigenvalue weighted by atomic mass is 10.0. The maximum absolute atomic E-state index is 12.6. The van der Waals surface area contributed by atoms with E-state index in [0.717, 1.165) is 16.7 Å². The van der Waals surface area contributed by atoms with Crippen LogP contribution in [-0.2, 0) is 17.8 Å². The molecule has 2 heterocycles. The summed E-state index contributed by atoms with van der Waals surface area (Å²) in [5, 5.41) is 0. The van der Waals surface area contributed by atoms with Crippen LogP contribution in [0.25, 0.3) is 0 Å². The molecule has 0 atom stereocenters. The zero-order valence-electron chi connectivity index (χ0n) is 15.0. The van der Waals surface area contributed by atoms with Crippen molar-refractivity contribution in [2.45, 2.75) is 46.4 Å². The first kappa shape index (κ1) is 17.1. The van der Waals surface area contributed by atoms with E-state index in [9.17, 15) is 9.59 Å². The van der Waals surface area contributed by atoms with Crippen molar-refractivity contribution < 1.29 is 14.3 Å². The predicted molar refractivity (Wildman–Crippen MR) is 94.3 cm³/mol. The molecule has 0 aliphatic carbocycles. The average molecular weight is 338 g/mol. The first-order valence-corrected chi connectivity index (χ1v) is 8.30. The second kappa shape index (κ2) is 6.31. The van der Waals surface area contributed by atoms with E-state index in [0.29, 0.717) is 24.3 Å². The molecule has 1 amide bonds. The highest BCUT2D eigenvalue weighted by atomic mass is 16.6. The Hall–Kier alpha value is -2.69. The van der Waals surface area contributed by atoms with Crippen LogP contribution in [0.3, 0.4) is 0 Å². The fraction of sp³-hybridized carbons (Fsp3) is 0.350. The Morgan fingerprint density at radius 1 is 1.12 bits per heavy atom. The van der Waals surface area contributed by atoms with Gasteiger partial charge in [0, 0.05) is 18.3 Å². The van der Waals surface area contributed by atoms with Crippen molar-refractivity contribution >= 4 is 11.9 Å². The number of carbonyl (C=O) groups excluding carboxylic acids is 2. The van der Waals surface area contributed by atoms with Crippen LogP contribution in [0.5, 0.6) is 0 Å². The molecule has 1 aromatic carbocycles. The minimum Gasteiger partial charge on any atom is -0.444 e. The Morgan fingerprint density at radius 3 is 2.52 bits per heavy atom. The Balaban J connectivity index is 1.78. The molecule has 1 aliphatic rings. The predicted octanol–water partition coefficient (Wildman–Crippen LogP) is 3.87. The summed E-state index contributed by atoms with van der Waals surface area (Å²) in [6.07, 6.45) is 1.33. The normalized spacial score (nSPS) is 13.5. The number of amides is 1. The quantitative estimate of drug-likeness (QED) is 0.780. The summed E-state index contributed by atoms with van der Waals surface area (Å²) in [5.74, 6) is -0.109. The number of fused-ring (bicyclic) bond motifs is 1. The number of ether oxygens (including phenoxy) is 1. The van der Waals surface area contributed by atoms with Crippen molar-refractivity contribution in [3.8, 4) is 0 Å². The molecule has 2 aromatic rings. The third kappa shape index (κ3) is 3.87. The summed E-state index contributed by atoms with van der Waals surface area (Å²) < 4.78 is 5.41. The summed E-state index contributed by atoms with van der Waals surface area (Å²) in [5.41, 5.74) is 3.41. The summed E-state index contributed by atoms with van der Waals surface area (Å²) in [6.45, 7) is 8.36. The number of carbonyl (C=O) groups is 2. The fourth-order valence-corrected chi connectivity index (χ4v) is 2.80. The average Bonchev–Trinajstić information content (AvgIpc) is 2.96. The van der Waals surface area contributed by atoms with Crippen LogP contribution in [0.1, 0.15) is 53.5 Å². The number of hydrogen-bond donors (Lipinski definition) is 0. The van der Waals surface area contributed by atoms with E-state index in [4.69, 9.17) is 4.74 Å². The summed E-state index contributed by atoms with van der Waals surface area (Å²) >= 11 is 0. The van der Waals surface area contributed by atoms with E-state index < -0.39 is 5.60 Å². The van der Waals surface area contributed by atoms with Gasteiger partial charge in [-0.3, -0.25) is 14.7 Å². The number of aromatic nitrogens is 1. The number of rotatable bonds is 2. The molecular formula is C20H22N2O3. The number of benzene rings is 1. The van der Waals surface area contributed by atoms with Gasteiger partial charge in [0.15, 0.2) is 0 Å². The Labute approximate surface area is 147 Å². The standard InChI is InChI=1S/C20H22N2O3/c1-13-6-5-7-14(8-13)18(23)17-9-15-11-22(12-16(15)10-21-17)19(24)25-20(2,3)4/h5-10H,11-12H2,1-4H3. The maximum Gasteiger partial charge on any atom is 0.410 e.